The van der Waals surface area contributed by atoms with Crippen molar-refractivity contribution < 1.29 is 0 Å². The minimum atomic E-state index is 0.923. The smallest absolute Gasteiger partial charge is 0.0901 e. The Morgan fingerprint density at radius 2 is 2.42 bits per heavy atom. The van der Waals surface area contributed by atoms with Gasteiger partial charge in [0.15, 0.2) is 0 Å². The number of aliphatic imine (C=N–C) groups is 1. The quantitative estimate of drug-likeness (QED) is 0.647. The van der Waals surface area contributed by atoms with Crippen LogP contribution in [0.4, 0.5) is 0 Å². The van der Waals surface area contributed by atoms with Gasteiger partial charge in [0.25, 0.3) is 0 Å². The molecule has 12 heavy (non-hydrogen) atoms. The number of hydrogen-bond donors (Lipinski definition) is 0. The molecule has 3 heteroatoms. The number of rotatable bonds is 1. The van der Waals surface area contributed by atoms with Crippen LogP contribution in [-0.2, 0) is 0 Å². The molecule has 0 N–H and O–H groups in total. The molecule has 0 saturated carbocycles. The van der Waals surface area contributed by atoms with Crippen LogP contribution in [0.3, 0.4) is 0 Å². The Bertz CT molecular complexity index is 336. The van der Waals surface area contributed by atoms with Crippen molar-refractivity contribution >= 4 is 23.1 Å². The summed E-state index contributed by atoms with van der Waals surface area (Å²) < 4.78 is 0. The van der Waals surface area contributed by atoms with E-state index in [-0.39, 0.29) is 0 Å². The average Bonchev–Trinajstić information content (AvgIpc) is 2.54. The summed E-state index contributed by atoms with van der Waals surface area (Å²) in [6.07, 6.45) is 5.15. The standard InChI is InChI=1S/C9H10N2S/c1-7-11-9(6-12-7)8-3-2-4-10-5-8/h3,5-6H,2,4H2,1H3. The Morgan fingerprint density at radius 3 is 3.00 bits per heavy atom. The van der Waals surface area contributed by atoms with Crippen LogP contribution >= 0.6 is 11.3 Å². The van der Waals surface area contributed by atoms with Gasteiger partial charge in [-0.05, 0) is 13.3 Å². The van der Waals surface area contributed by atoms with Crippen LogP contribution in [0, 0.1) is 6.92 Å². The zero-order valence-electron chi connectivity index (χ0n) is 6.95. The van der Waals surface area contributed by atoms with Crippen LogP contribution in [0.1, 0.15) is 17.1 Å². The molecule has 0 aliphatic carbocycles. The molecule has 0 bridgehead atoms. The summed E-state index contributed by atoms with van der Waals surface area (Å²) in [4.78, 5) is 8.61. The van der Waals surface area contributed by atoms with Gasteiger partial charge in [-0.3, -0.25) is 4.99 Å². The molecule has 0 aromatic carbocycles. The van der Waals surface area contributed by atoms with Crippen LogP contribution in [-0.4, -0.2) is 17.7 Å². The van der Waals surface area contributed by atoms with E-state index in [1.165, 1.54) is 5.57 Å². The van der Waals surface area contributed by atoms with Crippen LogP contribution in [0.25, 0.3) is 5.57 Å². The normalized spacial score (nSPS) is 16.2. The molecule has 1 aliphatic heterocycles. The fourth-order valence-corrected chi connectivity index (χ4v) is 1.80. The number of nitrogens with zero attached hydrogens (tertiary/aromatic N) is 2. The summed E-state index contributed by atoms with van der Waals surface area (Å²) >= 11 is 1.68. The molecule has 0 spiro atoms. The van der Waals surface area contributed by atoms with E-state index in [4.69, 9.17) is 0 Å². The molecule has 2 heterocycles. The lowest BCUT2D eigenvalue weighted by Gasteiger charge is -2.01. The van der Waals surface area contributed by atoms with Gasteiger partial charge in [0.2, 0.25) is 0 Å². The highest BCUT2D eigenvalue weighted by Crippen LogP contribution is 2.18. The predicted molar refractivity (Wildman–Crippen MR) is 52.8 cm³/mol. The van der Waals surface area contributed by atoms with Crippen molar-refractivity contribution in [1.82, 2.24) is 4.98 Å². The van der Waals surface area contributed by atoms with E-state index in [1.807, 2.05) is 13.1 Å². The molecule has 1 aromatic rings. The SMILES string of the molecule is Cc1nc(C2=CCCN=C2)cs1. The van der Waals surface area contributed by atoms with Gasteiger partial charge in [-0.25, -0.2) is 4.98 Å². The molecule has 1 aliphatic rings. The summed E-state index contributed by atoms with van der Waals surface area (Å²) in [7, 11) is 0. The maximum atomic E-state index is 4.39. The molecule has 0 saturated heterocycles. The van der Waals surface area contributed by atoms with Crippen molar-refractivity contribution in [2.75, 3.05) is 6.54 Å². The lowest BCUT2D eigenvalue weighted by molar-refractivity contribution is 1.00. The average molecular weight is 178 g/mol. The summed E-state index contributed by atoms with van der Waals surface area (Å²) in [5.74, 6) is 0. The number of aryl methyl sites for hydroxylation is 1. The molecule has 0 amide bonds. The van der Waals surface area contributed by atoms with Gasteiger partial charge >= 0.3 is 0 Å². The molecule has 1 aromatic heterocycles. The van der Waals surface area contributed by atoms with E-state index in [0.29, 0.717) is 0 Å². The summed E-state index contributed by atoms with van der Waals surface area (Å²) in [5, 5.41) is 3.20. The zero-order chi connectivity index (χ0) is 8.39. The first-order chi connectivity index (χ1) is 5.86. The van der Waals surface area contributed by atoms with Gasteiger partial charge in [0, 0.05) is 23.7 Å². The minimum Gasteiger partial charge on any atom is -0.292 e. The summed E-state index contributed by atoms with van der Waals surface area (Å²) in [6.45, 7) is 2.95. The summed E-state index contributed by atoms with van der Waals surface area (Å²) in [6, 6.07) is 0. The molecule has 0 atom stereocenters. The second-order valence-electron chi connectivity index (χ2n) is 2.74. The number of thiazole rings is 1. The highest BCUT2D eigenvalue weighted by molar-refractivity contribution is 7.09. The fraction of sp³-hybridized carbons (Fsp3) is 0.333. The van der Waals surface area contributed by atoms with Crippen molar-refractivity contribution in [3.63, 3.8) is 0 Å². The molecule has 0 unspecified atom stereocenters. The Hall–Kier alpha value is -0.960. The summed E-state index contributed by atoms with van der Waals surface area (Å²) in [5.41, 5.74) is 2.24. The fourth-order valence-electron chi connectivity index (χ4n) is 1.18. The Balaban J connectivity index is 2.30. The van der Waals surface area contributed by atoms with Gasteiger partial charge in [-0.2, -0.15) is 0 Å². The molecule has 62 valence electrons. The van der Waals surface area contributed by atoms with Crippen molar-refractivity contribution in [3.8, 4) is 0 Å². The number of allylic oxidation sites excluding steroid dienone is 1. The third-order valence-corrected chi connectivity index (χ3v) is 2.54. The Morgan fingerprint density at radius 1 is 1.50 bits per heavy atom. The Labute approximate surface area is 75.7 Å². The van der Waals surface area contributed by atoms with E-state index in [2.05, 4.69) is 21.4 Å². The van der Waals surface area contributed by atoms with E-state index >= 15 is 0 Å². The molecule has 0 radical (unpaired) electrons. The van der Waals surface area contributed by atoms with Crippen LogP contribution in [0.15, 0.2) is 16.4 Å². The van der Waals surface area contributed by atoms with Gasteiger partial charge in [-0.1, -0.05) is 6.08 Å². The maximum Gasteiger partial charge on any atom is 0.0901 e. The largest absolute Gasteiger partial charge is 0.292 e. The minimum absolute atomic E-state index is 0.923. The van der Waals surface area contributed by atoms with E-state index in [0.717, 1.165) is 23.7 Å². The van der Waals surface area contributed by atoms with Gasteiger partial charge in [0.05, 0.1) is 10.7 Å². The van der Waals surface area contributed by atoms with E-state index in [1.54, 1.807) is 11.3 Å². The van der Waals surface area contributed by atoms with Gasteiger partial charge in [-0.15, -0.1) is 11.3 Å². The van der Waals surface area contributed by atoms with E-state index < -0.39 is 0 Å². The first-order valence-electron chi connectivity index (χ1n) is 3.99. The third-order valence-electron chi connectivity index (χ3n) is 1.77. The lowest BCUT2D eigenvalue weighted by Crippen LogP contribution is -1.94. The van der Waals surface area contributed by atoms with Crippen molar-refractivity contribution in [1.29, 1.82) is 0 Å². The monoisotopic (exact) mass is 178 g/mol. The van der Waals surface area contributed by atoms with Crippen molar-refractivity contribution in [2.24, 2.45) is 4.99 Å². The third kappa shape index (κ3) is 1.46. The molecular formula is C9H10N2S. The van der Waals surface area contributed by atoms with Crippen LogP contribution in [0.2, 0.25) is 0 Å². The second-order valence-corrected chi connectivity index (χ2v) is 3.80. The van der Waals surface area contributed by atoms with Gasteiger partial charge < -0.3 is 0 Å². The highest BCUT2D eigenvalue weighted by atomic mass is 32.1. The first kappa shape index (κ1) is 7.68. The topological polar surface area (TPSA) is 25.2 Å². The molecule has 2 nitrogen and oxygen atoms in total. The number of hydrogen-bond acceptors (Lipinski definition) is 3. The number of dihydropyridines is 1. The highest BCUT2D eigenvalue weighted by Gasteiger charge is 2.04. The van der Waals surface area contributed by atoms with E-state index in [9.17, 15) is 0 Å². The van der Waals surface area contributed by atoms with Crippen molar-refractivity contribution in [3.05, 3.63) is 22.2 Å². The molecular weight excluding hydrogens is 168 g/mol. The van der Waals surface area contributed by atoms with Crippen molar-refractivity contribution in [2.45, 2.75) is 13.3 Å². The molecule has 0 fully saturated rings. The number of aromatic nitrogens is 1. The predicted octanol–water partition coefficient (Wildman–Crippen LogP) is 2.31. The molecule has 2 rings (SSSR count). The first-order valence-corrected chi connectivity index (χ1v) is 4.87. The Kier molecular flexibility index (Phi) is 2.04. The lowest BCUT2D eigenvalue weighted by atomic mass is 10.1. The zero-order valence-corrected chi connectivity index (χ0v) is 7.77. The van der Waals surface area contributed by atoms with Gasteiger partial charge in [0.1, 0.15) is 0 Å². The second kappa shape index (κ2) is 3.19. The van der Waals surface area contributed by atoms with Crippen LogP contribution < -0.4 is 0 Å². The maximum absolute atomic E-state index is 4.39. The van der Waals surface area contributed by atoms with Crippen LogP contribution in [0.5, 0.6) is 0 Å².